The van der Waals surface area contributed by atoms with Crippen LogP contribution >= 0.6 is 0 Å². The van der Waals surface area contributed by atoms with Crippen molar-refractivity contribution < 1.29 is 5.11 Å². The topological polar surface area (TPSA) is 87.5 Å². The van der Waals surface area contributed by atoms with Gasteiger partial charge in [-0.3, -0.25) is 14.8 Å². The summed E-state index contributed by atoms with van der Waals surface area (Å²) in [7, 11) is 0. The highest BCUT2D eigenvalue weighted by Gasteiger charge is 2.18. The number of benzene rings is 3. The smallest absolute Gasteiger partial charge is 0.335 e. The van der Waals surface area contributed by atoms with Crippen LogP contribution in [-0.4, -0.2) is 20.9 Å². The van der Waals surface area contributed by atoms with Gasteiger partial charge in [-0.15, -0.1) is 0 Å². The number of aromatic hydroxyl groups is 1. The van der Waals surface area contributed by atoms with E-state index in [0.717, 1.165) is 26.6 Å². The maximum Gasteiger partial charge on any atom is 0.335 e. The molecule has 1 aliphatic heterocycles. The van der Waals surface area contributed by atoms with E-state index in [9.17, 15) is 14.7 Å². The van der Waals surface area contributed by atoms with Crippen LogP contribution in [0.1, 0.15) is 11.1 Å². The van der Waals surface area contributed by atoms with E-state index in [1.54, 1.807) is 24.4 Å². The van der Waals surface area contributed by atoms with Crippen LogP contribution in [0.3, 0.4) is 0 Å². The molecule has 4 aromatic rings. The molecule has 140 valence electrons. The van der Waals surface area contributed by atoms with E-state index in [2.05, 4.69) is 9.98 Å². The molecular formula is C23H15N3O3. The molecule has 6 heteroatoms. The first-order valence-corrected chi connectivity index (χ1v) is 9.05. The van der Waals surface area contributed by atoms with Crippen LogP contribution in [0.5, 0.6) is 5.88 Å². The summed E-state index contributed by atoms with van der Waals surface area (Å²) in [6.45, 7) is 0. The van der Waals surface area contributed by atoms with Crippen molar-refractivity contribution in [2.45, 2.75) is 0 Å². The molecule has 2 N–H and O–H groups in total. The molecule has 0 fully saturated rings. The first-order chi connectivity index (χ1) is 14.1. The zero-order valence-electron chi connectivity index (χ0n) is 15.2. The maximum absolute atomic E-state index is 12.6. The molecule has 2 heterocycles. The number of nitrogens with zero attached hydrogens (tertiary/aromatic N) is 2. The fourth-order valence-corrected chi connectivity index (χ4v) is 3.60. The van der Waals surface area contributed by atoms with Gasteiger partial charge < -0.3 is 5.11 Å². The Morgan fingerprint density at radius 2 is 1.69 bits per heavy atom. The highest BCUT2D eigenvalue weighted by molar-refractivity contribution is 6.21. The van der Waals surface area contributed by atoms with Crippen molar-refractivity contribution in [2.24, 2.45) is 4.99 Å². The van der Waals surface area contributed by atoms with Gasteiger partial charge in [-0.2, -0.15) is 0 Å². The summed E-state index contributed by atoms with van der Waals surface area (Å²) in [5.41, 5.74) is 1.45. The number of hydrogen-bond donors (Lipinski definition) is 2. The Balaban J connectivity index is 1.77. The van der Waals surface area contributed by atoms with Gasteiger partial charge in [0.25, 0.3) is 5.56 Å². The Morgan fingerprint density at radius 1 is 0.931 bits per heavy atom. The predicted octanol–water partition coefficient (Wildman–Crippen LogP) is 3.64. The third-order valence-corrected chi connectivity index (χ3v) is 4.99. The van der Waals surface area contributed by atoms with E-state index < -0.39 is 17.1 Å². The molecule has 6 nitrogen and oxygen atoms in total. The molecule has 0 saturated heterocycles. The van der Waals surface area contributed by atoms with E-state index in [-0.39, 0.29) is 5.56 Å². The number of aromatic amines is 1. The largest absolute Gasteiger partial charge is 0.494 e. The van der Waals surface area contributed by atoms with Gasteiger partial charge in [-0.05, 0) is 23.6 Å². The van der Waals surface area contributed by atoms with Crippen LogP contribution in [0.15, 0.2) is 81.3 Å². The van der Waals surface area contributed by atoms with Crippen LogP contribution < -0.4 is 11.2 Å². The van der Waals surface area contributed by atoms with Crippen molar-refractivity contribution >= 4 is 34.3 Å². The lowest BCUT2D eigenvalue weighted by atomic mass is 10.0. The fraction of sp³-hybridized carbons (Fsp3) is 0. The van der Waals surface area contributed by atoms with Crippen molar-refractivity contribution in [3.63, 3.8) is 0 Å². The van der Waals surface area contributed by atoms with Gasteiger partial charge in [0.15, 0.2) is 0 Å². The Kier molecular flexibility index (Phi) is 3.77. The Bertz CT molecular complexity index is 1450. The summed E-state index contributed by atoms with van der Waals surface area (Å²) < 4.78 is 1.12. The second kappa shape index (κ2) is 6.45. The van der Waals surface area contributed by atoms with E-state index >= 15 is 0 Å². The van der Waals surface area contributed by atoms with Gasteiger partial charge in [0, 0.05) is 22.7 Å². The first-order valence-electron chi connectivity index (χ1n) is 9.05. The summed E-state index contributed by atoms with van der Waals surface area (Å²) in [5.74, 6) is -0.416. The molecule has 0 unspecified atom stereocenters. The summed E-state index contributed by atoms with van der Waals surface area (Å²) in [6, 6.07) is 20.5. The molecule has 3 aromatic carbocycles. The average molecular weight is 381 g/mol. The van der Waals surface area contributed by atoms with Crippen LogP contribution in [0.2, 0.25) is 0 Å². The maximum atomic E-state index is 12.6. The lowest BCUT2D eigenvalue weighted by Gasteiger charge is -2.12. The lowest BCUT2D eigenvalue weighted by Crippen LogP contribution is -2.30. The second-order valence-corrected chi connectivity index (χ2v) is 6.71. The summed E-state index contributed by atoms with van der Waals surface area (Å²) in [5, 5.41) is 12.6. The minimum atomic E-state index is -0.702. The zero-order chi connectivity index (χ0) is 20.0. The molecule has 1 aliphatic rings. The normalized spacial score (nSPS) is 13.9. The fourth-order valence-electron chi connectivity index (χ4n) is 3.60. The molecule has 1 aromatic heterocycles. The standard InChI is InChI=1S/C23H15N3O3/c27-21-18(12-15-13-24-19-10-4-3-8-16(15)19)22(28)26(23(29)25-21)20-11-5-7-14-6-1-2-9-17(14)20/h1-13,28H,(H,25,27,29). The van der Waals surface area contributed by atoms with Crippen LogP contribution in [0.4, 0.5) is 5.69 Å². The predicted molar refractivity (Wildman–Crippen MR) is 114 cm³/mol. The third kappa shape index (κ3) is 2.70. The Hall–Kier alpha value is -4.19. The molecule has 0 radical (unpaired) electrons. The van der Waals surface area contributed by atoms with E-state index in [0.29, 0.717) is 11.3 Å². The monoisotopic (exact) mass is 381 g/mol. The zero-order valence-corrected chi connectivity index (χ0v) is 15.2. The number of fused-ring (bicyclic) bond motifs is 2. The molecule has 0 spiro atoms. The van der Waals surface area contributed by atoms with Gasteiger partial charge in [0.1, 0.15) is 5.56 Å². The average Bonchev–Trinajstić information content (AvgIpc) is 3.14. The number of rotatable bonds is 2. The summed E-state index contributed by atoms with van der Waals surface area (Å²) in [6.07, 6.45) is 3.18. The van der Waals surface area contributed by atoms with Gasteiger partial charge in [-0.25, -0.2) is 9.36 Å². The quantitative estimate of drug-likeness (QED) is 0.556. The van der Waals surface area contributed by atoms with Crippen molar-refractivity contribution in [1.82, 2.24) is 9.55 Å². The summed E-state index contributed by atoms with van der Waals surface area (Å²) in [4.78, 5) is 31.7. The third-order valence-electron chi connectivity index (χ3n) is 4.99. The molecule has 5 rings (SSSR count). The molecule has 0 bridgehead atoms. The minimum Gasteiger partial charge on any atom is -0.494 e. The number of hydrogen-bond acceptors (Lipinski definition) is 4. The minimum absolute atomic E-state index is 0.00399. The van der Waals surface area contributed by atoms with E-state index in [1.165, 1.54) is 0 Å². The van der Waals surface area contributed by atoms with E-state index in [1.807, 2.05) is 54.6 Å². The van der Waals surface area contributed by atoms with Crippen molar-refractivity contribution in [1.29, 1.82) is 0 Å². The van der Waals surface area contributed by atoms with Crippen LogP contribution in [0.25, 0.3) is 28.1 Å². The first kappa shape index (κ1) is 16.9. The Morgan fingerprint density at radius 3 is 2.59 bits per heavy atom. The Labute approximate surface area is 164 Å². The molecule has 29 heavy (non-hydrogen) atoms. The molecule has 0 aliphatic carbocycles. The highest BCUT2D eigenvalue weighted by atomic mass is 16.3. The number of aromatic nitrogens is 2. The highest BCUT2D eigenvalue weighted by Crippen LogP contribution is 2.33. The number of para-hydroxylation sites is 1. The van der Waals surface area contributed by atoms with Gasteiger partial charge in [-0.1, -0.05) is 54.6 Å². The van der Waals surface area contributed by atoms with Crippen molar-refractivity contribution in [3.8, 4) is 11.6 Å². The molecule has 0 atom stereocenters. The SMILES string of the molecule is O=c1[nH]c(=O)n(-c2cccc3ccccc23)c(O)c1C=C1C=Nc2ccccc21. The number of nitrogens with one attached hydrogen (secondary N) is 1. The lowest BCUT2D eigenvalue weighted by molar-refractivity contribution is 0.430. The summed E-state index contributed by atoms with van der Waals surface area (Å²) >= 11 is 0. The van der Waals surface area contributed by atoms with Gasteiger partial charge in [0.05, 0.1) is 11.4 Å². The van der Waals surface area contributed by atoms with Crippen LogP contribution in [0, 0.1) is 0 Å². The molecule has 0 saturated carbocycles. The van der Waals surface area contributed by atoms with Gasteiger partial charge in [0.2, 0.25) is 5.88 Å². The molecule has 0 amide bonds. The van der Waals surface area contributed by atoms with E-state index in [4.69, 9.17) is 0 Å². The van der Waals surface area contributed by atoms with Crippen molar-refractivity contribution in [3.05, 3.63) is 98.7 Å². The van der Waals surface area contributed by atoms with Crippen molar-refractivity contribution in [2.75, 3.05) is 0 Å². The number of allylic oxidation sites excluding steroid dienone is 1. The molecular weight excluding hydrogens is 366 g/mol. The number of H-pyrrole nitrogens is 1. The van der Waals surface area contributed by atoms with Gasteiger partial charge >= 0.3 is 5.69 Å². The van der Waals surface area contributed by atoms with Crippen LogP contribution in [-0.2, 0) is 0 Å². The second-order valence-electron chi connectivity index (χ2n) is 6.71. The number of aliphatic imine (C=N–C) groups is 1.